The van der Waals surface area contributed by atoms with Gasteiger partial charge in [-0.05, 0) is 57.3 Å². The zero-order valence-electron chi connectivity index (χ0n) is 14.8. The quantitative estimate of drug-likeness (QED) is 0.859. The molecule has 0 bridgehead atoms. The maximum Gasteiger partial charge on any atom is 0.326 e. The minimum absolute atomic E-state index is 0. The number of fused-ring (bicyclic) bond motifs is 1. The Morgan fingerprint density at radius 1 is 1.27 bits per heavy atom. The van der Waals surface area contributed by atoms with Gasteiger partial charge in [0.1, 0.15) is 0 Å². The molecule has 1 N–H and O–H groups in total. The molecule has 2 heterocycles. The number of hydrogen-bond donors (Lipinski definition) is 1. The van der Waals surface area contributed by atoms with Gasteiger partial charge in [0.05, 0.1) is 5.69 Å². The Labute approximate surface area is 135 Å². The van der Waals surface area contributed by atoms with E-state index in [4.69, 9.17) is 0 Å². The minimum atomic E-state index is 0. The van der Waals surface area contributed by atoms with Gasteiger partial charge in [-0.25, -0.2) is 4.79 Å². The van der Waals surface area contributed by atoms with E-state index in [0.29, 0.717) is 6.04 Å². The van der Waals surface area contributed by atoms with Crippen molar-refractivity contribution in [3.05, 3.63) is 27.9 Å². The Morgan fingerprint density at radius 2 is 1.91 bits per heavy atom. The summed E-state index contributed by atoms with van der Waals surface area (Å²) in [4.78, 5) is 17.8. The third kappa shape index (κ3) is 3.54. The van der Waals surface area contributed by atoms with Crippen LogP contribution in [0.1, 0.15) is 65.8 Å². The van der Waals surface area contributed by atoms with Crippen LogP contribution in [-0.4, -0.2) is 34.6 Å². The summed E-state index contributed by atoms with van der Waals surface area (Å²) in [5.74, 6) is 0. The molecule has 126 valence electrons. The molecule has 4 heteroatoms. The van der Waals surface area contributed by atoms with Crippen molar-refractivity contribution in [3.63, 3.8) is 0 Å². The number of nitrogens with zero attached hydrogens (tertiary/aromatic N) is 2. The summed E-state index contributed by atoms with van der Waals surface area (Å²) in [6.45, 7) is 10.7. The van der Waals surface area contributed by atoms with E-state index >= 15 is 0 Å². The molecule has 0 radical (unpaired) electrons. The number of H-pyrrole nitrogens is 1. The van der Waals surface area contributed by atoms with Crippen molar-refractivity contribution in [2.75, 3.05) is 20.1 Å². The maximum absolute atomic E-state index is 12.4. The lowest BCUT2D eigenvalue weighted by Crippen LogP contribution is -2.35. The molecule has 1 aliphatic carbocycles. The smallest absolute Gasteiger partial charge is 0.309 e. The monoisotopic (exact) mass is 307 g/mol. The second kappa shape index (κ2) is 6.86. The molecule has 0 saturated carbocycles. The normalized spacial score (nSPS) is 21.7. The Kier molecular flexibility index (Phi) is 5.32. The van der Waals surface area contributed by atoms with Crippen LogP contribution in [0.2, 0.25) is 0 Å². The van der Waals surface area contributed by atoms with Crippen LogP contribution in [-0.2, 0) is 6.42 Å². The summed E-state index contributed by atoms with van der Waals surface area (Å²) in [6, 6.07) is 0.351. The number of aromatic amines is 1. The summed E-state index contributed by atoms with van der Waals surface area (Å²) in [7, 11) is 2.15. The molecular weight excluding hydrogens is 274 g/mol. The van der Waals surface area contributed by atoms with Crippen LogP contribution >= 0.6 is 0 Å². The van der Waals surface area contributed by atoms with E-state index in [1.54, 1.807) is 0 Å². The topological polar surface area (TPSA) is 41.0 Å². The molecular formula is C18H33N3O. The fourth-order valence-corrected chi connectivity index (χ4v) is 3.48. The molecule has 2 aliphatic rings. The van der Waals surface area contributed by atoms with Crippen molar-refractivity contribution in [1.29, 1.82) is 0 Å². The molecule has 3 rings (SSSR count). The highest BCUT2D eigenvalue weighted by molar-refractivity contribution is 5.50. The lowest BCUT2D eigenvalue weighted by molar-refractivity contribution is 0.218. The summed E-state index contributed by atoms with van der Waals surface area (Å²) in [5.41, 5.74) is 2.54. The predicted molar refractivity (Wildman–Crippen MR) is 95.4 cm³/mol. The molecule has 1 aromatic heterocycles. The van der Waals surface area contributed by atoms with Crippen molar-refractivity contribution in [2.45, 2.75) is 59.4 Å². The Morgan fingerprint density at radius 3 is 2.55 bits per heavy atom. The number of allylic oxidation sites excluding steroid dienone is 1. The first-order valence-electron chi connectivity index (χ1n) is 8.65. The third-order valence-corrected chi connectivity index (χ3v) is 4.70. The van der Waals surface area contributed by atoms with Crippen LogP contribution in [0, 0.1) is 5.41 Å². The van der Waals surface area contributed by atoms with Gasteiger partial charge >= 0.3 is 5.69 Å². The van der Waals surface area contributed by atoms with Gasteiger partial charge in [0.15, 0.2) is 0 Å². The molecule has 0 unspecified atom stereocenters. The Bertz CT molecular complexity index is 578. The fraction of sp³-hybridized carbons (Fsp3) is 0.722. The molecule has 0 atom stereocenters. The SMILES string of the molecule is CC.CN1CCC(n2c3c([nH]c2=O)CC(C)(C)CC=C3)CC1.[HH]. The average molecular weight is 307 g/mol. The zero-order valence-corrected chi connectivity index (χ0v) is 14.8. The molecule has 1 aliphatic heterocycles. The van der Waals surface area contributed by atoms with Crippen LogP contribution in [0.3, 0.4) is 0 Å². The number of aromatic nitrogens is 2. The van der Waals surface area contributed by atoms with E-state index < -0.39 is 0 Å². The number of nitrogens with one attached hydrogen (secondary N) is 1. The molecule has 1 fully saturated rings. The summed E-state index contributed by atoms with van der Waals surface area (Å²) < 4.78 is 2.01. The molecule has 22 heavy (non-hydrogen) atoms. The predicted octanol–water partition coefficient (Wildman–Crippen LogP) is 3.70. The third-order valence-electron chi connectivity index (χ3n) is 4.70. The average Bonchev–Trinajstić information content (AvgIpc) is 2.68. The lowest BCUT2D eigenvalue weighted by Gasteiger charge is -2.30. The fourth-order valence-electron chi connectivity index (χ4n) is 3.48. The second-order valence-electron chi connectivity index (χ2n) is 7.15. The van der Waals surface area contributed by atoms with Gasteiger partial charge in [0, 0.05) is 13.2 Å². The lowest BCUT2D eigenvalue weighted by atomic mass is 9.85. The van der Waals surface area contributed by atoms with Crippen molar-refractivity contribution in [3.8, 4) is 0 Å². The van der Waals surface area contributed by atoms with Crippen LogP contribution in [0.4, 0.5) is 0 Å². The summed E-state index contributed by atoms with van der Waals surface area (Å²) in [6.07, 6.45) is 8.53. The summed E-state index contributed by atoms with van der Waals surface area (Å²) >= 11 is 0. The van der Waals surface area contributed by atoms with E-state index in [2.05, 4.69) is 42.9 Å². The Hall–Kier alpha value is -1.29. The van der Waals surface area contributed by atoms with Gasteiger partial charge in [-0.1, -0.05) is 33.8 Å². The first-order valence-corrected chi connectivity index (χ1v) is 8.65. The number of likely N-dealkylation sites (tertiary alicyclic amines) is 1. The van der Waals surface area contributed by atoms with Gasteiger partial charge in [-0.3, -0.25) is 4.57 Å². The Balaban J connectivity index is 0.000000849. The molecule has 1 saturated heterocycles. The van der Waals surface area contributed by atoms with E-state index in [1.165, 1.54) is 0 Å². The first kappa shape index (κ1) is 17.1. The highest BCUT2D eigenvalue weighted by Crippen LogP contribution is 2.32. The number of rotatable bonds is 1. The van der Waals surface area contributed by atoms with Crippen molar-refractivity contribution in [2.24, 2.45) is 5.41 Å². The highest BCUT2D eigenvalue weighted by atomic mass is 16.1. The standard InChI is InChI=1S/C16H25N3O.C2H6.H2/c1-16(2)8-4-5-14-13(11-16)17-15(20)19(14)12-6-9-18(3)10-7-12;1-2;/h4-5,12H,6-11H2,1-3H3,(H,17,20);1-2H3;1H. The maximum atomic E-state index is 12.4. The molecule has 0 amide bonds. The van der Waals surface area contributed by atoms with Crippen LogP contribution in [0.15, 0.2) is 10.9 Å². The van der Waals surface area contributed by atoms with E-state index in [-0.39, 0.29) is 12.5 Å². The van der Waals surface area contributed by atoms with Crippen LogP contribution in [0.25, 0.3) is 6.08 Å². The van der Waals surface area contributed by atoms with E-state index in [9.17, 15) is 4.79 Å². The van der Waals surface area contributed by atoms with Gasteiger partial charge in [-0.15, -0.1) is 0 Å². The zero-order chi connectivity index (χ0) is 16.3. The number of piperidine rings is 1. The van der Waals surface area contributed by atoms with Gasteiger partial charge < -0.3 is 9.88 Å². The van der Waals surface area contributed by atoms with Crippen molar-refractivity contribution < 1.29 is 1.43 Å². The van der Waals surface area contributed by atoms with Gasteiger partial charge in [-0.2, -0.15) is 0 Å². The molecule has 0 spiro atoms. The van der Waals surface area contributed by atoms with Crippen molar-refractivity contribution in [1.82, 2.24) is 14.5 Å². The number of imidazole rings is 1. The van der Waals surface area contributed by atoms with Crippen molar-refractivity contribution >= 4 is 6.08 Å². The molecule has 4 nitrogen and oxygen atoms in total. The number of hydrogen-bond acceptors (Lipinski definition) is 2. The second-order valence-corrected chi connectivity index (χ2v) is 7.15. The van der Waals surface area contributed by atoms with Crippen LogP contribution < -0.4 is 5.69 Å². The van der Waals surface area contributed by atoms with E-state index in [1.807, 2.05) is 18.4 Å². The van der Waals surface area contributed by atoms with Gasteiger partial charge in [0.25, 0.3) is 0 Å². The van der Waals surface area contributed by atoms with Gasteiger partial charge in [0.2, 0.25) is 0 Å². The van der Waals surface area contributed by atoms with Crippen LogP contribution in [0.5, 0.6) is 0 Å². The molecule has 1 aromatic rings. The summed E-state index contributed by atoms with van der Waals surface area (Å²) in [5, 5.41) is 0. The highest BCUT2D eigenvalue weighted by Gasteiger charge is 2.28. The largest absolute Gasteiger partial charge is 0.326 e. The molecule has 0 aromatic carbocycles. The van der Waals surface area contributed by atoms with E-state index in [0.717, 1.165) is 50.2 Å². The minimum Gasteiger partial charge on any atom is -0.309 e. The first-order chi connectivity index (χ1) is 10.5.